The Hall–Kier alpha value is -0.730. The lowest BCUT2D eigenvalue weighted by molar-refractivity contribution is 0.0398. The summed E-state index contributed by atoms with van der Waals surface area (Å²) in [5.74, 6) is 0.170. The molecular weight excluding hydrogens is 216 g/mol. The van der Waals surface area contributed by atoms with E-state index in [1.54, 1.807) is 11.8 Å². The van der Waals surface area contributed by atoms with E-state index in [1.165, 1.54) is 10.5 Å². The van der Waals surface area contributed by atoms with Gasteiger partial charge < -0.3 is 5.11 Å². The first kappa shape index (κ1) is 13.3. The van der Waals surface area contributed by atoms with Gasteiger partial charge in [0, 0.05) is 10.8 Å². The van der Waals surface area contributed by atoms with Crippen LogP contribution in [0.5, 0.6) is 0 Å². The fourth-order valence-corrected chi connectivity index (χ4v) is 2.16. The van der Waals surface area contributed by atoms with Crippen LogP contribution in [-0.2, 0) is 0 Å². The van der Waals surface area contributed by atoms with Crippen LogP contribution in [0.2, 0.25) is 0 Å². The fraction of sp³-hybridized carbons (Fsp3) is 0.429. The zero-order valence-electron chi connectivity index (χ0n) is 10.4. The Kier molecular flexibility index (Phi) is 4.63. The zero-order chi connectivity index (χ0) is 12.2. The molecule has 0 fully saturated rings. The van der Waals surface area contributed by atoms with Crippen molar-refractivity contribution in [3.05, 3.63) is 41.3 Å². The van der Waals surface area contributed by atoms with Crippen molar-refractivity contribution in [2.75, 3.05) is 0 Å². The van der Waals surface area contributed by atoms with Gasteiger partial charge in [0.15, 0.2) is 0 Å². The van der Waals surface area contributed by atoms with Crippen LogP contribution in [0.3, 0.4) is 0 Å². The molecule has 16 heavy (non-hydrogen) atoms. The fourth-order valence-electron chi connectivity index (χ4n) is 1.32. The zero-order valence-corrected chi connectivity index (χ0v) is 11.2. The van der Waals surface area contributed by atoms with E-state index in [4.69, 9.17) is 0 Å². The molecule has 0 saturated heterocycles. The summed E-state index contributed by atoms with van der Waals surface area (Å²) < 4.78 is 0. The number of thioether (sulfide) groups is 1. The minimum atomic E-state index is -0.655. The first-order valence-electron chi connectivity index (χ1n) is 5.52. The van der Waals surface area contributed by atoms with Crippen LogP contribution in [0.15, 0.2) is 46.2 Å². The summed E-state index contributed by atoms with van der Waals surface area (Å²) in [4.78, 5) is 1.23. The highest BCUT2D eigenvalue weighted by atomic mass is 32.2. The summed E-state index contributed by atoms with van der Waals surface area (Å²) in [5.41, 5.74) is 0.555. The van der Waals surface area contributed by atoms with E-state index in [0.717, 1.165) is 0 Å². The second-order valence-electron chi connectivity index (χ2n) is 4.67. The predicted octanol–water partition coefficient (Wildman–Crippen LogP) is 4.09. The van der Waals surface area contributed by atoms with Crippen molar-refractivity contribution in [1.29, 1.82) is 0 Å². The molecule has 1 rings (SSSR count). The Balaban J connectivity index is 2.65. The molecule has 0 heterocycles. The molecule has 0 aliphatic heterocycles. The van der Waals surface area contributed by atoms with Crippen molar-refractivity contribution >= 4 is 11.8 Å². The van der Waals surface area contributed by atoms with Gasteiger partial charge in [-0.3, -0.25) is 0 Å². The molecule has 1 aromatic carbocycles. The molecule has 88 valence electrons. The normalized spacial score (nSPS) is 14.9. The van der Waals surface area contributed by atoms with Crippen molar-refractivity contribution in [3.8, 4) is 0 Å². The molecule has 1 N–H and O–H groups in total. The maximum Gasteiger partial charge on any atom is 0.0654 e. The Morgan fingerprint density at radius 2 is 1.88 bits per heavy atom. The molecule has 1 nitrogen and oxygen atoms in total. The minimum Gasteiger partial charge on any atom is -0.390 e. The molecule has 0 aliphatic rings. The molecular formula is C14H20OS. The summed E-state index contributed by atoms with van der Waals surface area (Å²) in [6, 6.07) is 10.3. The van der Waals surface area contributed by atoms with Gasteiger partial charge in [0.25, 0.3) is 0 Å². The van der Waals surface area contributed by atoms with Gasteiger partial charge in [-0.1, -0.05) is 42.5 Å². The second kappa shape index (κ2) is 5.55. The van der Waals surface area contributed by atoms with Crippen LogP contribution < -0.4 is 0 Å². The topological polar surface area (TPSA) is 20.2 Å². The van der Waals surface area contributed by atoms with Gasteiger partial charge in [0.05, 0.1) is 5.60 Å². The molecule has 0 spiro atoms. The summed E-state index contributed by atoms with van der Waals surface area (Å²) in [5, 5.41) is 12.0. The first-order chi connectivity index (χ1) is 7.41. The smallest absolute Gasteiger partial charge is 0.0654 e. The van der Waals surface area contributed by atoms with Gasteiger partial charge in [0.2, 0.25) is 0 Å². The largest absolute Gasteiger partial charge is 0.390 e. The van der Waals surface area contributed by atoms with Gasteiger partial charge in [-0.05, 0) is 38.3 Å². The van der Waals surface area contributed by atoms with E-state index >= 15 is 0 Å². The molecule has 0 amide bonds. The average molecular weight is 236 g/mol. The van der Waals surface area contributed by atoms with Gasteiger partial charge >= 0.3 is 0 Å². The Bertz CT molecular complexity index is 349. The summed E-state index contributed by atoms with van der Waals surface area (Å²) in [6.45, 7) is 7.82. The minimum absolute atomic E-state index is 0.170. The van der Waals surface area contributed by atoms with Crippen molar-refractivity contribution in [3.63, 3.8) is 0 Å². The van der Waals surface area contributed by atoms with Crippen LogP contribution in [-0.4, -0.2) is 10.7 Å². The molecule has 1 aromatic rings. The van der Waals surface area contributed by atoms with Gasteiger partial charge in [-0.15, -0.1) is 0 Å². The Morgan fingerprint density at radius 3 is 2.38 bits per heavy atom. The van der Waals surface area contributed by atoms with E-state index in [9.17, 15) is 5.11 Å². The highest BCUT2D eigenvalue weighted by molar-refractivity contribution is 8.02. The van der Waals surface area contributed by atoms with E-state index in [2.05, 4.69) is 31.4 Å². The van der Waals surface area contributed by atoms with Gasteiger partial charge in [-0.25, -0.2) is 0 Å². The standard InChI is InChI=1S/C14H20OS/c1-11(12(2)14(3,4)15)10-16-13-8-6-5-7-9-13/h5-10,12,15H,1-4H3/b11-10-. The van der Waals surface area contributed by atoms with Crippen LogP contribution in [0, 0.1) is 5.92 Å². The van der Waals surface area contributed by atoms with E-state index in [0.29, 0.717) is 0 Å². The first-order valence-corrected chi connectivity index (χ1v) is 6.40. The Labute approximate surface area is 103 Å². The SMILES string of the molecule is C/C(=C/Sc1ccccc1)C(C)C(C)(C)O. The molecule has 0 aliphatic carbocycles. The third-order valence-electron chi connectivity index (χ3n) is 2.87. The molecule has 0 saturated carbocycles. The predicted molar refractivity (Wildman–Crippen MR) is 71.5 cm³/mol. The van der Waals surface area contributed by atoms with Gasteiger partial charge in [0.1, 0.15) is 0 Å². The Morgan fingerprint density at radius 1 is 1.31 bits per heavy atom. The number of aliphatic hydroxyl groups is 1. The maximum atomic E-state index is 9.90. The highest BCUT2D eigenvalue weighted by Crippen LogP contribution is 2.28. The molecule has 1 unspecified atom stereocenters. The molecule has 1 atom stereocenters. The summed E-state index contributed by atoms with van der Waals surface area (Å²) in [7, 11) is 0. The third kappa shape index (κ3) is 4.03. The van der Waals surface area contributed by atoms with E-state index < -0.39 is 5.60 Å². The third-order valence-corrected chi connectivity index (χ3v) is 3.90. The number of rotatable bonds is 4. The molecule has 0 aromatic heterocycles. The van der Waals surface area contributed by atoms with Crippen LogP contribution in [0.25, 0.3) is 0 Å². The van der Waals surface area contributed by atoms with E-state index in [-0.39, 0.29) is 5.92 Å². The van der Waals surface area contributed by atoms with Crippen molar-refractivity contribution in [2.24, 2.45) is 5.92 Å². The van der Waals surface area contributed by atoms with Crippen LogP contribution >= 0.6 is 11.8 Å². The lowest BCUT2D eigenvalue weighted by Gasteiger charge is -2.26. The number of hydrogen-bond donors (Lipinski definition) is 1. The van der Waals surface area contributed by atoms with E-state index in [1.807, 2.05) is 32.0 Å². The average Bonchev–Trinajstić information content (AvgIpc) is 2.25. The lowest BCUT2D eigenvalue weighted by atomic mass is 9.88. The summed E-state index contributed by atoms with van der Waals surface area (Å²) >= 11 is 1.70. The van der Waals surface area contributed by atoms with Crippen LogP contribution in [0.1, 0.15) is 27.7 Å². The molecule has 0 bridgehead atoms. The lowest BCUT2D eigenvalue weighted by Crippen LogP contribution is -2.29. The molecule has 2 heteroatoms. The highest BCUT2D eigenvalue weighted by Gasteiger charge is 2.23. The summed E-state index contributed by atoms with van der Waals surface area (Å²) in [6.07, 6.45) is 0. The monoisotopic (exact) mass is 236 g/mol. The quantitative estimate of drug-likeness (QED) is 0.795. The van der Waals surface area contributed by atoms with Crippen LogP contribution in [0.4, 0.5) is 0 Å². The second-order valence-corrected chi connectivity index (χ2v) is 5.61. The number of hydrogen-bond acceptors (Lipinski definition) is 2. The molecule has 0 radical (unpaired) electrons. The van der Waals surface area contributed by atoms with Crippen molar-refractivity contribution in [1.82, 2.24) is 0 Å². The maximum absolute atomic E-state index is 9.90. The van der Waals surface area contributed by atoms with Crippen molar-refractivity contribution < 1.29 is 5.11 Å². The van der Waals surface area contributed by atoms with Crippen molar-refractivity contribution in [2.45, 2.75) is 38.2 Å². The number of benzene rings is 1. The van der Waals surface area contributed by atoms with Gasteiger partial charge in [-0.2, -0.15) is 0 Å².